The number of carbonyl (C=O) groups is 1. The lowest BCUT2D eigenvalue weighted by Crippen LogP contribution is -2.19. The Hall–Kier alpha value is -1.88. The molecule has 1 aromatic carbocycles. The number of hydrogen-bond acceptors (Lipinski definition) is 4. The van der Waals surface area contributed by atoms with Crippen molar-refractivity contribution in [2.45, 2.75) is 17.7 Å². The fourth-order valence-corrected chi connectivity index (χ4v) is 1.48. The Balaban J connectivity index is 3.35. The summed E-state index contributed by atoms with van der Waals surface area (Å²) in [5.74, 6) is -2.15. The average Bonchev–Trinajstić information content (AvgIpc) is 2.20. The first-order chi connectivity index (χ1) is 8.24. The van der Waals surface area contributed by atoms with E-state index in [-0.39, 0.29) is 10.5 Å². The molecule has 0 bridgehead atoms. The van der Waals surface area contributed by atoms with Gasteiger partial charge in [0.15, 0.2) is 5.75 Å². The molecule has 0 unspecified atom stereocenters. The van der Waals surface area contributed by atoms with Gasteiger partial charge in [0.1, 0.15) is 11.6 Å². The molecule has 0 atom stereocenters. The van der Waals surface area contributed by atoms with Crippen molar-refractivity contribution in [1.82, 2.24) is 0 Å². The molecular weight excluding hydrogens is 271 g/mol. The summed E-state index contributed by atoms with van der Waals surface area (Å²) < 4.78 is 40.3. The average molecular weight is 277 g/mol. The molecule has 0 saturated heterocycles. The van der Waals surface area contributed by atoms with E-state index in [9.17, 15) is 18.0 Å². The van der Waals surface area contributed by atoms with Crippen LogP contribution in [0.3, 0.4) is 0 Å². The molecule has 0 heterocycles. The minimum atomic E-state index is -5.01. The van der Waals surface area contributed by atoms with Crippen LogP contribution in [0.25, 0.3) is 0 Å². The van der Waals surface area contributed by atoms with Crippen molar-refractivity contribution in [1.29, 1.82) is 5.26 Å². The largest absolute Gasteiger partial charge is 0.573 e. The van der Waals surface area contributed by atoms with Gasteiger partial charge in [-0.05, 0) is 6.07 Å². The molecule has 18 heavy (non-hydrogen) atoms. The number of nitriles is 1. The third kappa shape index (κ3) is 3.56. The van der Waals surface area contributed by atoms with Crippen LogP contribution in [0.4, 0.5) is 13.2 Å². The zero-order chi connectivity index (χ0) is 13.9. The fourth-order valence-electron chi connectivity index (χ4n) is 1.26. The van der Waals surface area contributed by atoms with Gasteiger partial charge < -0.3 is 9.84 Å². The highest BCUT2D eigenvalue weighted by atomic mass is 32.1. The third-order valence-electron chi connectivity index (χ3n) is 1.89. The van der Waals surface area contributed by atoms with E-state index in [1.807, 2.05) is 0 Å². The molecule has 8 heteroatoms. The van der Waals surface area contributed by atoms with E-state index in [0.717, 1.165) is 6.07 Å². The van der Waals surface area contributed by atoms with E-state index in [2.05, 4.69) is 17.4 Å². The van der Waals surface area contributed by atoms with E-state index in [0.29, 0.717) is 0 Å². The van der Waals surface area contributed by atoms with Crippen molar-refractivity contribution in [2.24, 2.45) is 0 Å². The predicted octanol–water partition coefficient (Wildman–Crippen LogP) is 2.37. The molecular formula is C10H6F3NO3S. The minimum Gasteiger partial charge on any atom is -0.481 e. The van der Waals surface area contributed by atoms with Gasteiger partial charge in [0.05, 0.1) is 6.42 Å². The van der Waals surface area contributed by atoms with Gasteiger partial charge in [-0.2, -0.15) is 5.26 Å². The molecule has 0 aliphatic rings. The summed E-state index contributed by atoms with van der Waals surface area (Å²) in [5, 5.41) is 17.3. The summed E-state index contributed by atoms with van der Waals surface area (Å²) in [5.41, 5.74) is -0.691. The SMILES string of the molecule is N#Cc1c(S)ccc(CC(=O)O)c1OC(F)(F)F. The lowest BCUT2D eigenvalue weighted by molar-refractivity contribution is -0.275. The maximum absolute atomic E-state index is 12.2. The first-order valence-corrected chi connectivity index (χ1v) is 4.92. The lowest BCUT2D eigenvalue weighted by Gasteiger charge is -2.14. The summed E-state index contributed by atoms with van der Waals surface area (Å²) >= 11 is 3.82. The second-order valence-corrected chi connectivity index (χ2v) is 3.66. The van der Waals surface area contributed by atoms with Crippen molar-refractivity contribution in [2.75, 3.05) is 0 Å². The number of alkyl halides is 3. The van der Waals surface area contributed by atoms with Crippen molar-refractivity contribution in [3.8, 4) is 11.8 Å². The Morgan fingerprint density at radius 1 is 1.50 bits per heavy atom. The summed E-state index contributed by atoms with van der Waals surface area (Å²) in [4.78, 5) is 10.5. The van der Waals surface area contributed by atoms with E-state index in [4.69, 9.17) is 10.4 Å². The van der Waals surface area contributed by atoms with Crippen LogP contribution in [0.5, 0.6) is 5.75 Å². The summed E-state index contributed by atoms with van der Waals surface area (Å²) in [7, 11) is 0. The van der Waals surface area contributed by atoms with Crippen LogP contribution in [-0.2, 0) is 11.2 Å². The number of thiol groups is 1. The molecule has 0 radical (unpaired) electrons. The lowest BCUT2D eigenvalue weighted by atomic mass is 10.1. The Kier molecular flexibility index (Phi) is 4.08. The van der Waals surface area contributed by atoms with Gasteiger partial charge in [-0.25, -0.2) is 0 Å². The van der Waals surface area contributed by atoms with Gasteiger partial charge >= 0.3 is 12.3 Å². The highest BCUT2D eigenvalue weighted by Crippen LogP contribution is 2.33. The van der Waals surface area contributed by atoms with E-state index in [1.54, 1.807) is 0 Å². The maximum atomic E-state index is 12.2. The molecule has 0 aliphatic carbocycles. The van der Waals surface area contributed by atoms with E-state index < -0.39 is 30.1 Å². The topological polar surface area (TPSA) is 70.3 Å². The van der Waals surface area contributed by atoms with Crippen LogP contribution in [0.2, 0.25) is 0 Å². The van der Waals surface area contributed by atoms with Crippen LogP contribution < -0.4 is 4.74 Å². The molecule has 1 N–H and O–H groups in total. The molecule has 0 aliphatic heterocycles. The van der Waals surface area contributed by atoms with Gasteiger partial charge in [-0.1, -0.05) is 6.07 Å². The van der Waals surface area contributed by atoms with Gasteiger partial charge in [0.2, 0.25) is 0 Å². The normalized spacial score (nSPS) is 10.8. The fraction of sp³-hybridized carbons (Fsp3) is 0.200. The molecule has 1 rings (SSSR count). The zero-order valence-corrected chi connectivity index (χ0v) is 9.55. The van der Waals surface area contributed by atoms with Gasteiger partial charge in [-0.3, -0.25) is 4.79 Å². The first kappa shape index (κ1) is 14.2. The van der Waals surface area contributed by atoms with Crippen LogP contribution >= 0.6 is 12.6 Å². The van der Waals surface area contributed by atoms with Crippen LogP contribution in [0, 0.1) is 11.3 Å². The highest BCUT2D eigenvalue weighted by Gasteiger charge is 2.34. The zero-order valence-electron chi connectivity index (χ0n) is 8.65. The molecule has 0 aromatic heterocycles. The highest BCUT2D eigenvalue weighted by molar-refractivity contribution is 7.80. The second-order valence-electron chi connectivity index (χ2n) is 3.18. The molecule has 0 spiro atoms. The predicted molar refractivity (Wildman–Crippen MR) is 56.4 cm³/mol. The van der Waals surface area contributed by atoms with Gasteiger partial charge in [-0.15, -0.1) is 25.8 Å². The van der Waals surface area contributed by atoms with E-state index >= 15 is 0 Å². The maximum Gasteiger partial charge on any atom is 0.573 e. The number of ether oxygens (including phenoxy) is 1. The second kappa shape index (κ2) is 5.18. The third-order valence-corrected chi connectivity index (χ3v) is 2.26. The number of rotatable bonds is 3. The summed E-state index contributed by atoms with van der Waals surface area (Å²) in [6, 6.07) is 3.87. The smallest absolute Gasteiger partial charge is 0.481 e. The molecule has 0 fully saturated rings. The van der Waals surface area contributed by atoms with E-state index in [1.165, 1.54) is 12.1 Å². The summed E-state index contributed by atoms with van der Waals surface area (Å²) in [6.07, 6.45) is -5.70. The van der Waals surface area contributed by atoms with Crippen molar-refractivity contribution in [3.63, 3.8) is 0 Å². The van der Waals surface area contributed by atoms with Crippen molar-refractivity contribution >= 4 is 18.6 Å². The van der Waals surface area contributed by atoms with Crippen molar-refractivity contribution < 1.29 is 27.8 Å². The van der Waals surface area contributed by atoms with Crippen LogP contribution in [0.15, 0.2) is 17.0 Å². The summed E-state index contributed by atoms with van der Waals surface area (Å²) in [6.45, 7) is 0. The van der Waals surface area contributed by atoms with Crippen LogP contribution in [-0.4, -0.2) is 17.4 Å². The molecule has 4 nitrogen and oxygen atoms in total. The number of hydrogen-bond donors (Lipinski definition) is 2. The Bertz CT molecular complexity index is 522. The van der Waals surface area contributed by atoms with Gasteiger partial charge in [0.25, 0.3) is 0 Å². The molecule has 96 valence electrons. The van der Waals surface area contributed by atoms with Crippen LogP contribution in [0.1, 0.15) is 11.1 Å². The number of carboxylic acid groups (broad SMARTS) is 1. The number of benzene rings is 1. The number of halogens is 3. The quantitative estimate of drug-likeness (QED) is 0.832. The monoisotopic (exact) mass is 277 g/mol. The number of carboxylic acids is 1. The molecule has 0 amide bonds. The number of nitrogens with zero attached hydrogens (tertiary/aromatic N) is 1. The Morgan fingerprint density at radius 2 is 2.11 bits per heavy atom. The Labute approximate surface area is 105 Å². The minimum absolute atomic E-state index is 0.0223. The Morgan fingerprint density at radius 3 is 2.56 bits per heavy atom. The standard InChI is InChI=1S/C10H6F3NO3S/c11-10(12,13)17-9-5(3-8(15)16)1-2-7(18)6(9)4-14/h1-2,18H,3H2,(H,15,16). The number of aliphatic carboxylic acids is 1. The first-order valence-electron chi connectivity index (χ1n) is 4.47. The molecule has 1 aromatic rings. The van der Waals surface area contributed by atoms with Gasteiger partial charge in [0, 0.05) is 10.5 Å². The van der Waals surface area contributed by atoms with Crippen molar-refractivity contribution in [3.05, 3.63) is 23.3 Å². The molecule has 0 saturated carbocycles.